The van der Waals surface area contributed by atoms with Crippen LogP contribution in [0.1, 0.15) is 23.7 Å². The molecule has 0 saturated carbocycles. The number of carbonyl (C=O) groups excluding carboxylic acids is 4. The van der Waals surface area contributed by atoms with E-state index in [1.807, 2.05) is 5.32 Å². The second-order valence-electron chi connectivity index (χ2n) is 3.95. The molecule has 3 amide bonds. The Morgan fingerprint density at radius 3 is 2.64 bits per heavy atom. The third-order valence-corrected chi connectivity index (χ3v) is 2.96. The van der Waals surface area contributed by atoms with Crippen LogP contribution in [0.2, 0.25) is 0 Å². The van der Waals surface area contributed by atoms with Crippen molar-refractivity contribution >= 4 is 35.2 Å². The van der Waals surface area contributed by atoms with Gasteiger partial charge in [-0.15, -0.1) is 0 Å². The Labute approximate surface area is 130 Å². The second-order valence-corrected chi connectivity index (χ2v) is 4.73. The quantitative estimate of drug-likeness (QED) is 0.712. The van der Waals surface area contributed by atoms with Crippen LogP contribution in [0.4, 0.5) is 4.79 Å². The van der Waals surface area contributed by atoms with Crippen molar-refractivity contribution in [2.75, 3.05) is 19.8 Å². The molecule has 2 N–H and O–H groups in total. The maximum Gasteiger partial charge on any atom is 0.413 e. The average Bonchev–Trinajstić information content (AvgIpc) is 2.99. The first kappa shape index (κ1) is 17.6. The largest absolute Gasteiger partial charge is 0.456 e. The first-order valence-corrected chi connectivity index (χ1v) is 7.39. The van der Waals surface area contributed by atoms with E-state index in [0.717, 1.165) is 0 Å². The maximum atomic E-state index is 11.6. The molecule has 1 aromatic heterocycles. The SMILES string of the molecule is CCOC(=O)NC(=O)COC(=O)CCNC(=O)c1ccsc1. The fraction of sp³-hybridized carbons (Fsp3) is 0.385. The summed E-state index contributed by atoms with van der Waals surface area (Å²) in [5.41, 5.74) is 0.521. The van der Waals surface area contributed by atoms with Crippen LogP contribution in [0.25, 0.3) is 0 Å². The van der Waals surface area contributed by atoms with Crippen LogP contribution in [0.3, 0.4) is 0 Å². The molecule has 0 aliphatic carbocycles. The van der Waals surface area contributed by atoms with Crippen molar-refractivity contribution in [3.05, 3.63) is 22.4 Å². The molecule has 0 spiro atoms. The third-order valence-electron chi connectivity index (χ3n) is 2.28. The van der Waals surface area contributed by atoms with E-state index >= 15 is 0 Å². The van der Waals surface area contributed by atoms with Crippen molar-refractivity contribution in [3.63, 3.8) is 0 Å². The van der Waals surface area contributed by atoms with Crippen molar-refractivity contribution in [1.82, 2.24) is 10.6 Å². The topological polar surface area (TPSA) is 111 Å². The Kier molecular flexibility index (Phi) is 7.62. The minimum absolute atomic E-state index is 0.0808. The Morgan fingerprint density at radius 2 is 2.00 bits per heavy atom. The minimum atomic E-state index is -0.897. The van der Waals surface area contributed by atoms with E-state index < -0.39 is 24.6 Å². The molecule has 0 aromatic carbocycles. The molecule has 8 nitrogen and oxygen atoms in total. The van der Waals surface area contributed by atoms with Gasteiger partial charge in [-0.1, -0.05) is 0 Å². The molecule has 1 heterocycles. The summed E-state index contributed by atoms with van der Waals surface area (Å²) in [5.74, 6) is -1.73. The summed E-state index contributed by atoms with van der Waals surface area (Å²) in [6, 6.07) is 1.66. The standard InChI is InChI=1S/C13H16N2O6S/c1-2-20-13(19)15-10(16)7-21-11(17)3-5-14-12(18)9-4-6-22-8-9/h4,6,8H,2-3,5,7H2,1H3,(H,14,18)(H,15,16,19). The number of hydrogen-bond acceptors (Lipinski definition) is 7. The van der Waals surface area contributed by atoms with Gasteiger partial charge in [0.2, 0.25) is 0 Å². The summed E-state index contributed by atoms with van der Waals surface area (Å²) in [7, 11) is 0. The molecule has 0 radical (unpaired) electrons. The molecule has 120 valence electrons. The van der Waals surface area contributed by atoms with Crippen LogP contribution in [0.15, 0.2) is 16.8 Å². The summed E-state index contributed by atoms with van der Waals surface area (Å²) in [6.45, 7) is 1.22. The van der Waals surface area contributed by atoms with Crippen LogP contribution >= 0.6 is 11.3 Å². The lowest BCUT2D eigenvalue weighted by Gasteiger charge is -2.06. The van der Waals surface area contributed by atoms with Crippen molar-refractivity contribution < 1.29 is 28.7 Å². The molecule has 22 heavy (non-hydrogen) atoms. The highest BCUT2D eigenvalue weighted by atomic mass is 32.1. The van der Waals surface area contributed by atoms with Gasteiger partial charge in [-0.2, -0.15) is 11.3 Å². The first-order chi connectivity index (χ1) is 10.5. The lowest BCUT2D eigenvalue weighted by molar-refractivity contribution is -0.148. The summed E-state index contributed by atoms with van der Waals surface area (Å²) < 4.78 is 9.14. The van der Waals surface area contributed by atoms with Crippen molar-refractivity contribution in [1.29, 1.82) is 0 Å². The Bertz CT molecular complexity index is 529. The number of hydrogen-bond donors (Lipinski definition) is 2. The zero-order chi connectivity index (χ0) is 16.4. The van der Waals surface area contributed by atoms with Crippen molar-refractivity contribution in [2.45, 2.75) is 13.3 Å². The Balaban J connectivity index is 2.14. The van der Waals surface area contributed by atoms with Gasteiger partial charge in [-0.25, -0.2) is 4.79 Å². The highest BCUT2D eigenvalue weighted by molar-refractivity contribution is 7.08. The van der Waals surface area contributed by atoms with Gasteiger partial charge in [0.15, 0.2) is 6.61 Å². The predicted octanol–water partition coefficient (Wildman–Crippen LogP) is 0.684. The van der Waals surface area contributed by atoms with Gasteiger partial charge in [0.05, 0.1) is 13.0 Å². The minimum Gasteiger partial charge on any atom is -0.456 e. The van der Waals surface area contributed by atoms with Gasteiger partial charge in [0.1, 0.15) is 0 Å². The zero-order valence-corrected chi connectivity index (χ0v) is 12.7. The predicted molar refractivity (Wildman–Crippen MR) is 77.4 cm³/mol. The summed E-state index contributed by atoms with van der Waals surface area (Å²) in [6.07, 6.45) is -0.977. The summed E-state index contributed by atoms with van der Waals surface area (Å²) in [5, 5.41) is 7.89. The maximum absolute atomic E-state index is 11.6. The first-order valence-electron chi connectivity index (χ1n) is 6.45. The number of carbonyl (C=O) groups is 4. The van der Waals surface area contributed by atoms with E-state index in [-0.39, 0.29) is 25.5 Å². The lowest BCUT2D eigenvalue weighted by atomic mass is 10.3. The van der Waals surface area contributed by atoms with Crippen LogP contribution < -0.4 is 10.6 Å². The van der Waals surface area contributed by atoms with Gasteiger partial charge in [-0.3, -0.25) is 19.7 Å². The van der Waals surface area contributed by atoms with Gasteiger partial charge in [0, 0.05) is 17.5 Å². The van der Waals surface area contributed by atoms with Gasteiger partial charge < -0.3 is 14.8 Å². The summed E-state index contributed by atoms with van der Waals surface area (Å²) >= 11 is 1.39. The van der Waals surface area contributed by atoms with Crippen molar-refractivity contribution in [3.8, 4) is 0 Å². The van der Waals surface area contributed by atoms with E-state index in [9.17, 15) is 19.2 Å². The molecular formula is C13H16N2O6S. The highest BCUT2D eigenvalue weighted by Gasteiger charge is 2.12. The molecule has 0 atom stereocenters. The highest BCUT2D eigenvalue weighted by Crippen LogP contribution is 2.05. The fourth-order valence-corrected chi connectivity index (χ4v) is 1.95. The van der Waals surface area contributed by atoms with E-state index in [1.165, 1.54) is 11.3 Å². The van der Waals surface area contributed by atoms with Crippen LogP contribution in [-0.2, 0) is 19.1 Å². The van der Waals surface area contributed by atoms with Gasteiger partial charge >= 0.3 is 12.1 Å². The number of alkyl carbamates (subject to hydrolysis) is 1. The smallest absolute Gasteiger partial charge is 0.413 e. The molecule has 1 rings (SSSR count). The van der Waals surface area contributed by atoms with Gasteiger partial charge in [0.25, 0.3) is 11.8 Å². The monoisotopic (exact) mass is 328 g/mol. The number of ether oxygens (including phenoxy) is 2. The Hall–Kier alpha value is -2.42. The number of thiophene rings is 1. The van der Waals surface area contributed by atoms with E-state index in [0.29, 0.717) is 5.56 Å². The molecule has 0 fully saturated rings. The second kappa shape index (κ2) is 9.50. The van der Waals surface area contributed by atoms with Crippen LogP contribution in [-0.4, -0.2) is 43.6 Å². The number of nitrogens with one attached hydrogen (secondary N) is 2. The molecule has 0 aliphatic rings. The molecule has 0 saturated heterocycles. The molecular weight excluding hydrogens is 312 g/mol. The average molecular weight is 328 g/mol. The van der Waals surface area contributed by atoms with Crippen LogP contribution in [0.5, 0.6) is 0 Å². The fourth-order valence-electron chi connectivity index (χ4n) is 1.31. The van der Waals surface area contributed by atoms with E-state index in [1.54, 1.807) is 23.8 Å². The molecule has 0 aliphatic heterocycles. The normalized spacial score (nSPS) is 9.68. The number of esters is 1. The van der Waals surface area contributed by atoms with Crippen molar-refractivity contribution in [2.24, 2.45) is 0 Å². The third kappa shape index (κ3) is 6.84. The molecule has 0 unspecified atom stereocenters. The van der Waals surface area contributed by atoms with Crippen LogP contribution in [0, 0.1) is 0 Å². The van der Waals surface area contributed by atoms with E-state index in [2.05, 4.69) is 14.8 Å². The number of amides is 3. The number of imide groups is 1. The van der Waals surface area contributed by atoms with E-state index in [4.69, 9.17) is 0 Å². The zero-order valence-electron chi connectivity index (χ0n) is 11.9. The number of rotatable bonds is 7. The lowest BCUT2D eigenvalue weighted by Crippen LogP contribution is -2.35. The molecule has 9 heteroatoms. The summed E-state index contributed by atoms with van der Waals surface area (Å²) in [4.78, 5) is 45.1. The molecule has 1 aromatic rings. The Morgan fingerprint density at radius 1 is 1.23 bits per heavy atom. The van der Waals surface area contributed by atoms with Gasteiger partial charge in [-0.05, 0) is 18.4 Å². The molecule has 0 bridgehead atoms.